The zero-order valence-electron chi connectivity index (χ0n) is 29.8. The molecule has 52 heavy (non-hydrogen) atoms. The molecule has 3 aromatic rings. The van der Waals surface area contributed by atoms with Crippen LogP contribution in [0, 0.1) is 11.7 Å². The molecule has 3 fully saturated rings. The average molecular weight is 735 g/mol. The second kappa shape index (κ2) is 13.8. The third-order valence-corrected chi connectivity index (χ3v) is 13.2. The number of para-hydroxylation sites is 1. The molecular weight excluding hydrogens is 688 g/mol. The minimum absolute atomic E-state index is 0.0643. The molecule has 0 unspecified atom stereocenters. The van der Waals surface area contributed by atoms with Crippen molar-refractivity contribution in [3.8, 4) is 6.01 Å². The third-order valence-electron chi connectivity index (χ3n) is 11.0. The molecule has 0 spiro atoms. The number of amides is 3. The van der Waals surface area contributed by atoms with Crippen molar-refractivity contribution in [1.29, 1.82) is 0 Å². The molecule has 3 heterocycles. The second-order valence-corrected chi connectivity index (χ2v) is 17.5. The first-order valence-electron chi connectivity index (χ1n) is 18.3. The van der Waals surface area contributed by atoms with Gasteiger partial charge in [0, 0.05) is 30.1 Å². The Hall–Kier alpha value is -4.46. The Morgan fingerprint density at radius 1 is 1.10 bits per heavy atom. The standard InChI is InChI=1S/C38H47FN6O6S/c1-24(2)45-31-17-16-26(39)20-30(31)41-36(45)51-28-21-32-33(46)42-38(35(48)43-52(49,50)37(3)18-19-37)22-25(38)12-8-5-4-6-11-15-29(34(47)44(32)23-28)40-27-13-9-7-10-14-27/h7-10,12-14,16-17,20,24-25,28-29,32,40H,4-6,11,15,18-19,21-23H2,1-3H3,(H,42,46)(H,43,48)/t25-,28-,29+,32+,38-/m1/s1. The van der Waals surface area contributed by atoms with Crippen molar-refractivity contribution in [1.82, 2.24) is 24.5 Å². The number of nitrogens with one attached hydrogen (secondary N) is 3. The quantitative estimate of drug-likeness (QED) is 0.274. The van der Waals surface area contributed by atoms with Gasteiger partial charge in [-0.3, -0.25) is 23.7 Å². The van der Waals surface area contributed by atoms with E-state index in [2.05, 4.69) is 20.3 Å². The summed E-state index contributed by atoms with van der Waals surface area (Å²) in [6, 6.07) is 12.3. The SMILES string of the molecule is CC(C)n1c(O[C@@H]2C[C@H]3C(=O)N[C@]4(C(=O)NS(=O)(=O)C5(C)CC5)C[C@H]4C=CCCCCC[C@H](Nc4ccccc4)C(=O)N3C2)nc2cc(F)ccc21. The van der Waals surface area contributed by atoms with Crippen molar-refractivity contribution in [3.05, 3.63) is 66.5 Å². The van der Waals surface area contributed by atoms with Crippen LogP contribution >= 0.6 is 0 Å². The fourth-order valence-electron chi connectivity index (χ4n) is 7.46. The molecule has 12 nitrogen and oxygen atoms in total. The molecule has 0 bridgehead atoms. The molecular formula is C38H47FN6O6S. The monoisotopic (exact) mass is 734 g/mol. The second-order valence-electron chi connectivity index (χ2n) is 15.3. The topological polar surface area (TPSA) is 152 Å². The van der Waals surface area contributed by atoms with Gasteiger partial charge in [0.25, 0.3) is 11.9 Å². The van der Waals surface area contributed by atoms with E-state index in [4.69, 9.17) is 4.74 Å². The lowest BCUT2D eigenvalue weighted by Crippen LogP contribution is -2.58. The number of carbonyl (C=O) groups is 3. The van der Waals surface area contributed by atoms with E-state index in [9.17, 15) is 27.2 Å². The largest absolute Gasteiger partial charge is 0.459 e. The van der Waals surface area contributed by atoms with Crippen LogP contribution in [0.3, 0.4) is 0 Å². The number of allylic oxidation sites excluding steroid dienone is 1. The molecule has 0 radical (unpaired) electrons. The van der Waals surface area contributed by atoms with Crippen molar-refractivity contribution >= 4 is 44.5 Å². The molecule has 14 heteroatoms. The fourth-order valence-corrected chi connectivity index (χ4v) is 8.78. The van der Waals surface area contributed by atoms with Gasteiger partial charge in [0.15, 0.2) is 0 Å². The number of hydrogen-bond acceptors (Lipinski definition) is 8. The molecule has 278 valence electrons. The lowest BCUT2D eigenvalue weighted by Gasteiger charge is -2.30. The predicted molar refractivity (Wildman–Crippen MR) is 194 cm³/mol. The molecule has 5 atom stereocenters. The molecule has 1 aromatic heterocycles. The van der Waals surface area contributed by atoms with E-state index in [-0.39, 0.29) is 37.3 Å². The highest BCUT2D eigenvalue weighted by Gasteiger charge is 2.63. The summed E-state index contributed by atoms with van der Waals surface area (Å²) in [6.07, 6.45) is 8.28. The van der Waals surface area contributed by atoms with E-state index in [0.29, 0.717) is 30.3 Å². The summed E-state index contributed by atoms with van der Waals surface area (Å²) in [5, 5.41) is 6.32. The number of halogens is 1. The molecule has 2 saturated carbocycles. The zero-order chi connectivity index (χ0) is 36.8. The van der Waals surface area contributed by atoms with E-state index >= 15 is 0 Å². The van der Waals surface area contributed by atoms with Gasteiger partial charge < -0.3 is 20.3 Å². The maximum atomic E-state index is 14.6. The highest BCUT2D eigenvalue weighted by Crippen LogP contribution is 2.47. The van der Waals surface area contributed by atoms with Crippen molar-refractivity contribution in [2.45, 2.75) is 113 Å². The van der Waals surface area contributed by atoms with Gasteiger partial charge in [0.1, 0.15) is 29.5 Å². The molecule has 2 aromatic carbocycles. The first kappa shape index (κ1) is 35.9. The van der Waals surface area contributed by atoms with Gasteiger partial charge in [-0.25, -0.2) is 12.8 Å². The zero-order valence-corrected chi connectivity index (χ0v) is 30.6. The maximum Gasteiger partial charge on any atom is 0.297 e. The highest BCUT2D eigenvalue weighted by atomic mass is 32.2. The Bertz CT molecular complexity index is 2000. The lowest BCUT2D eigenvalue weighted by molar-refractivity contribution is -0.140. The smallest absolute Gasteiger partial charge is 0.297 e. The Labute approximate surface area is 303 Å². The number of hydrogen-bond donors (Lipinski definition) is 3. The van der Waals surface area contributed by atoms with E-state index in [0.717, 1.165) is 31.4 Å². The fraction of sp³-hybridized carbons (Fsp3) is 0.526. The van der Waals surface area contributed by atoms with E-state index in [1.807, 2.05) is 60.9 Å². The summed E-state index contributed by atoms with van der Waals surface area (Å²) < 4.78 is 50.0. The maximum absolute atomic E-state index is 14.6. The number of fused-ring (bicyclic) bond motifs is 3. The van der Waals surface area contributed by atoms with Crippen molar-refractivity contribution in [2.75, 3.05) is 11.9 Å². The number of benzene rings is 2. The number of anilines is 1. The summed E-state index contributed by atoms with van der Waals surface area (Å²) in [5.74, 6) is -2.44. The Kier molecular flexibility index (Phi) is 9.55. The first-order valence-corrected chi connectivity index (χ1v) is 19.8. The van der Waals surface area contributed by atoms with Crippen LogP contribution in [0.5, 0.6) is 6.01 Å². The molecule has 2 aliphatic heterocycles. The van der Waals surface area contributed by atoms with Crippen LogP contribution in [0.4, 0.5) is 10.1 Å². The predicted octanol–water partition coefficient (Wildman–Crippen LogP) is 4.98. The van der Waals surface area contributed by atoms with E-state index in [1.165, 1.54) is 17.0 Å². The minimum atomic E-state index is -3.96. The number of carbonyl (C=O) groups excluding carboxylic acids is 3. The number of imidazole rings is 1. The normalized spacial score (nSPS) is 27.6. The van der Waals surface area contributed by atoms with Gasteiger partial charge in [0.05, 0.1) is 22.3 Å². The number of nitrogens with zero attached hydrogens (tertiary/aromatic N) is 3. The van der Waals surface area contributed by atoms with Gasteiger partial charge in [0.2, 0.25) is 21.8 Å². The summed E-state index contributed by atoms with van der Waals surface area (Å²) in [6.45, 7) is 5.59. The Morgan fingerprint density at radius 2 is 1.87 bits per heavy atom. The molecule has 3 N–H and O–H groups in total. The highest BCUT2D eigenvalue weighted by molar-refractivity contribution is 7.91. The molecule has 1 saturated heterocycles. The van der Waals surface area contributed by atoms with Crippen LogP contribution in [0.2, 0.25) is 0 Å². The first-order chi connectivity index (χ1) is 24.8. The van der Waals surface area contributed by atoms with Crippen LogP contribution in [-0.4, -0.2) is 75.6 Å². The van der Waals surface area contributed by atoms with Crippen molar-refractivity contribution in [3.63, 3.8) is 0 Å². The summed E-state index contributed by atoms with van der Waals surface area (Å²) in [5.41, 5.74) is 0.413. The van der Waals surface area contributed by atoms with Crippen LogP contribution < -0.4 is 20.1 Å². The summed E-state index contributed by atoms with van der Waals surface area (Å²) >= 11 is 0. The van der Waals surface area contributed by atoms with Crippen LogP contribution in [0.1, 0.15) is 84.6 Å². The van der Waals surface area contributed by atoms with Gasteiger partial charge in [-0.1, -0.05) is 43.2 Å². The number of sulfonamides is 1. The van der Waals surface area contributed by atoms with Crippen molar-refractivity contribution in [2.24, 2.45) is 5.92 Å². The van der Waals surface area contributed by atoms with E-state index < -0.39 is 62.0 Å². The van der Waals surface area contributed by atoms with Gasteiger partial charge >= 0.3 is 0 Å². The van der Waals surface area contributed by atoms with Gasteiger partial charge in [-0.15, -0.1) is 0 Å². The Balaban J connectivity index is 1.21. The van der Waals surface area contributed by atoms with Gasteiger partial charge in [-0.2, -0.15) is 4.98 Å². The summed E-state index contributed by atoms with van der Waals surface area (Å²) in [7, 11) is -3.96. The Morgan fingerprint density at radius 3 is 2.60 bits per heavy atom. The third kappa shape index (κ3) is 7.01. The van der Waals surface area contributed by atoms with E-state index in [1.54, 1.807) is 13.0 Å². The average Bonchev–Trinajstić information content (AvgIpc) is 3.92. The number of ether oxygens (including phenoxy) is 1. The summed E-state index contributed by atoms with van der Waals surface area (Å²) in [4.78, 5) is 48.9. The van der Waals surface area contributed by atoms with Crippen LogP contribution in [-0.2, 0) is 24.4 Å². The van der Waals surface area contributed by atoms with Gasteiger partial charge in [-0.05, 0) is 83.6 Å². The molecule has 3 amide bonds. The van der Waals surface area contributed by atoms with Crippen LogP contribution in [0.15, 0.2) is 60.7 Å². The van der Waals surface area contributed by atoms with Crippen molar-refractivity contribution < 1.29 is 31.9 Å². The van der Waals surface area contributed by atoms with Crippen LogP contribution in [0.25, 0.3) is 11.0 Å². The minimum Gasteiger partial charge on any atom is -0.459 e. The number of aromatic nitrogens is 2. The lowest BCUT2D eigenvalue weighted by atomic mass is 10.0. The molecule has 4 aliphatic rings. The molecule has 2 aliphatic carbocycles. The molecule has 7 rings (SSSR count). The number of rotatable bonds is 8.